The van der Waals surface area contributed by atoms with Crippen molar-refractivity contribution in [3.05, 3.63) is 73.2 Å². The maximum atomic E-state index is 6.01. The van der Waals surface area contributed by atoms with Crippen LogP contribution in [0.4, 0.5) is 0 Å². The highest BCUT2D eigenvalue weighted by Crippen LogP contribution is 2.39. The van der Waals surface area contributed by atoms with Crippen molar-refractivity contribution in [2.24, 2.45) is 0 Å². The summed E-state index contributed by atoms with van der Waals surface area (Å²) in [7, 11) is 0. The number of nitrogens with zero attached hydrogens (tertiary/aromatic N) is 2. The van der Waals surface area contributed by atoms with Gasteiger partial charge in [-0.1, -0.05) is 60.7 Å². The van der Waals surface area contributed by atoms with Crippen molar-refractivity contribution in [2.45, 2.75) is 0 Å². The van der Waals surface area contributed by atoms with Gasteiger partial charge in [0.25, 0.3) is 0 Å². The summed E-state index contributed by atoms with van der Waals surface area (Å²) in [6, 6.07) is 20.3. The van der Waals surface area contributed by atoms with E-state index in [9.17, 15) is 0 Å². The van der Waals surface area contributed by atoms with E-state index in [4.69, 9.17) is 4.42 Å². The van der Waals surface area contributed by atoms with Crippen LogP contribution < -0.4 is 0 Å². The first-order valence-electron chi connectivity index (χ1n) is 6.77. The van der Waals surface area contributed by atoms with Crippen LogP contribution in [-0.2, 0) is 0 Å². The molecule has 21 heavy (non-hydrogen) atoms. The fraction of sp³-hybridized carbons (Fsp3) is 0. The van der Waals surface area contributed by atoms with Gasteiger partial charge in [0.2, 0.25) is 0 Å². The molecule has 100 valence electrons. The molecule has 0 bridgehead atoms. The van der Waals surface area contributed by atoms with Crippen LogP contribution in [0.3, 0.4) is 0 Å². The van der Waals surface area contributed by atoms with Crippen LogP contribution in [0.2, 0.25) is 0 Å². The Bertz CT molecular complexity index is 883. The molecule has 4 rings (SSSR count). The molecule has 0 amide bonds. The average Bonchev–Trinajstić information content (AvgIpc) is 2.96. The second kappa shape index (κ2) is 4.87. The van der Waals surface area contributed by atoms with Gasteiger partial charge < -0.3 is 4.42 Å². The number of rotatable bonds is 2. The Morgan fingerprint density at radius 2 is 1.43 bits per heavy atom. The van der Waals surface area contributed by atoms with Gasteiger partial charge in [-0.2, -0.15) is 0 Å². The Labute approximate surface area is 121 Å². The molecule has 2 aromatic carbocycles. The predicted octanol–water partition coefficient (Wildman–Crippen LogP) is 4.56. The first kappa shape index (κ1) is 11.9. The molecule has 0 aliphatic heterocycles. The molecule has 0 spiro atoms. The smallest absolute Gasteiger partial charge is 0.172 e. The van der Waals surface area contributed by atoms with Gasteiger partial charge in [0.1, 0.15) is 17.6 Å². The van der Waals surface area contributed by atoms with E-state index in [2.05, 4.69) is 22.1 Å². The number of benzene rings is 2. The van der Waals surface area contributed by atoms with Crippen LogP contribution in [0.5, 0.6) is 0 Å². The molecule has 0 fully saturated rings. The largest absolute Gasteiger partial charge is 0.452 e. The zero-order valence-electron chi connectivity index (χ0n) is 11.2. The van der Waals surface area contributed by atoms with Gasteiger partial charge >= 0.3 is 0 Å². The molecule has 0 atom stereocenters. The number of fused-ring (bicyclic) bond motifs is 1. The van der Waals surface area contributed by atoms with Crippen LogP contribution in [0.15, 0.2) is 77.6 Å². The van der Waals surface area contributed by atoms with Gasteiger partial charge in [-0.15, -0.1) is 0 Å². The molecule has 3 heteroatoms. The summed E-state index contributed by atoms with van der Waals surface area (Å²) in [4.78, 5) is 8.45. The Morgan fingerprint density at radius 3 is 2.14 bits per heavy atom. The lowest BCUT2D eigenvalue weighted by atomic mass is 10.0. The second-order valence-corrected chi connectivity index (χ2v) is 4.77. The molecule has 0 saturated carbocycles. The quantitative estimate of drug-likeness (QED) is 0.537. The Hall–Kier alpha value is -2.94. The van der Waals surface area contributed by atoms with E-state index in [1.807, 2.05) is 48.5 Å². The van der Waals surface area contributed by atoms with Gasteiger partial charge in [0.15, 0.2) is 5.58 Å². The molecule has 0 saturated heterocycles. The highest BCUT2D eigenvalue weighted by Gasteiger charge is 2.18. The molecule has 3 nitrogen and oxygen atoms in total. The molecule has 0 aliphatic carbocycles. The van der Waals surface area contributed by atoms with Crippen LogP contribution >= 0.6 is 0 Å². The summed E-state index contributed by atoms with van der Waals surface area (Å²) in [5.74, 6) is 0.831. The lowest BCUT2D eigenvalue weighted by Crippen LogP contribution is -1.82. The maximum absolute atomic E-state index is 6.01. The average molecular weight is 272 g/mol. The SMILES string of the molecule is c1ccc(-c2oc3cncnc3c2-c2ccccc2)cc1. The summed E-state index contributed by atoms with van der Waals surface area (Å²) in [6.45, 7) is 0. The van der Waals surface area contributed by atoms with Crippen LogP contribution in [0.1, 0.15) is 0 Å². The summed E-state index contributed by atoms with van der Waals surface area (Å²) >= 11 is 0. The van der Waals surface area contributed by atoms with Crippen molar-refractivity contribution in [1.82, 2.24) is 9.97 Å². The summed E-state index contributed by atoms with van der Waals surface area (Å²) < 4.78 is 6.01. The minimum atomic E-state index is 0.704. The summed E-state index contributed by atoms with van der Waals surface area (Å²) in [6.07, 6.45) is 3.26. The van der Waals surface area contributed by atoms with Gasteiger partial charge in [-0.05, 0) is 5.56 Å². The molecule has 4 aromatic rings. The Kier molecular flexibility index (Phi) is 2.75. The number of hydrogen-bond acceptors (Lipinski definition) is 3. The minimum absolute atomic E-state index is 0.704. The van der Waals surface area contributed by atoms with Crippen molar-refractivity contribution in [3.63, 3.8) is 0 Å². The van der Waals surface area contributed by atoms with E-state index in [1.54, 1.807) is 12.5 Å². The van der Waals surface area contributed by atoms with Gasteiger partial charge in [0, 0.05) is 5.56 Å². The summed E-state index contributed by atoms with van der Waals surface area (Å²) in [5.41, 5.74) is 4.69. The number of hydrogen-bond donors (Lipinski definition) is 0. The maximum Gasteiger partial charge on any atom is 0.172 e. The van der Waals surface area contributed by atoms with Crippen LogP contribution in [0, 0.1) is 0 Å². The third-order valence-electron chi connectivity index (χ3n) is 3.45. The number of aromatic nitrogens is 2. The molecule has 0 unspecified atom stereocenters. The van der Waals surface area contributed by atoms with E-state index < -0.39 is 0 Å². The van der Waals surface area contributed by atoms with Crippen molar-refractivity contribution in [3.8, 4) is 22.5 Å². The normalized spacial score (nSPS) is 10.9. The van der Waals surface area contributed by atoms with Crippen molar-refractivity contribution >= 4 is 11.1 Å². The minimum Gasteiger partial charge on any atom is -0.452 e. The third kappa shape index (κ3) is 1.99. The molecule has 0 aliphatic rings. The van der Waals surface area contributed by atoms with Gasteiger partial charge in [0.05, 0.1) is 11.8 Å². The molecular weight excluding hydrogens is 260 g/mol. The van der Waals surface area contributed by atoms with Crippen molar-refractivity contribution in [1.29, 1.82) is 0 Å². The van der Waals surface area contributed by atoms with Gasteiger partial charge in [-0.3, -0.25) is 0 Å². The lowest BCUT2D eigenvalue weighted by molar-refractivity contribution is 0.630. The standard InChI is InChI=1S/C18H12N2O/c1-3-7-13(8-4-1)16-17-15(11-19-12-20-17)21-18(16)14-9-5-2-6-10-14/h1-12H. The fourth-order valence-electron chi connectivity index (χ4n) is 2.51. The molecular formula is C18H12N2O. The second-order valence-electron chi connectivity index (χ2n) is 4.77. The molecule has 0 N–H and O–H groups in total. The monoisotopic (exact) mass is 272 g/mol. The van der Waals surface area contributed by atoms with Gasteiger partial charge in [-0.25, -0.2) is 9.97 Å². The van der Waals surface area contributed by atoms with Crippen molar-refractivity contribution < 1.29 is 4.42 Å². The van der Waals surface area contributed by atoms with Crippen LogP contribution in [-0.4, -0.2) is 9.97 Å². The van der Waals surface area contributed by atoms with E-state index in [0.717, 1.165) is 28.0 Å². The van der Waals surface area contributed by atoms with E-state index in [1.165, 1.54) is 0 Å². The first-order chi connectivity index (χ1) is 10.4. The Balaban J connectivity index is 2.07. The fourth-order valence-corrected chi connectivity index (χ4v) is 2.51. The predicted molar refractivity (Wildman–Crippen MR) is 82.7 cm³/mol. The molecule has 0 radical (unpaired) electrons. The third-order valence-corrected chi connectivity index (χ3v) is 3.45. The highest BCUT2D eigenvalue weighted by atomic mass is 16.3. The van der Waals surface area contributed by atoms with Crippen LogP contribution in [0.25, 0.3) is 33.6 Å². The van der Waals surface area contributed by atoms with E-state index in [0.29, 0.717) is 5.58 Å². The van der Waals surface area contributed by atoms with E-state index >= 15 is 0 Å². The number of furan rings is 1. The zero-order valence-corrected chi connectivity index (χ0v) is 11.2. The first-order valence-corrected chi connectivity index (χ1v) is 6.77. The molecule has 2 aromatic heterocycles. The topological polar surface area (TPSA) is 38.9 Å². The summed E-state index contributed by atoms with van der Waals surface area (Å²) in [5, 5.41) is 0. The van der Waals surface area contributed by atoms with Crippen molar-refractivity contribution in [2.75, 3.05) is 0 Å². The Morgan fingerprint density at radius 1 is 0.762 bits per heavy atom. The van der Waals surface area contributed by atoms with E-state index in [-0.39, 0.29) is 0 Å². The highest BCUT2D eigenvalue weighted by molar-refractivity contribution is 5.98. The zero-order chi connectivity index (χ0) is 14.1. The lowest BCUT2D eigenvalue weighted by Gasteiger charge is -2.03. The molecule has 2 heterocycles.